The fraction of sp³-hybridized carbons (Fsp3) is 0.467. The minimum absolute atomic E-state index is 0.0362. The Bertz CT molecular complexity index is 523. The average Bonchev–Trinajstić information content (AvgIpc) is 2.49. The van der Waals surface area contributed by atoms with Crippen LogP contribution in [0, 0.1) is 11.7 Å². The first-order chi connectivity index (χ1) is 10.3. The van der Waals surface area contributed by atoms with Crippen molar-refractivity contribution in [3.63, 3.8) is 0 Å². The molecule has 0 spiro atoms. The van der Waals surface area contributed by atoms with Gasteiger partial charge in [-0.25, -0.2) is 4.39 Å². The zero-order valence-electron chi connectivity index (χ0n) is 12.7. The summed E-state index contributed by atoms with van der Waals surface area (Å²) in [5.74, 6) is -1.48. The first kappa shape index (κ1) is 18.1. The van der Waals surface area contributed by atoms with Crippen LogP contribution in [0.2, 0.25) is 0 Å². The van der Waals surface area contributed by atoms with Crippen LogP contribution in [-0.4, -0.2) is 36.1 Å². The van der Waals surface area contributed by atoms with E-state index in [1.54, 1.807) is 19.9 Å². The number of carbonyl (C=O) groups is 2. The van der Waals surface area contributed by atoms with Gasteiger partial charge < -0.3 is 21.5 Å². The molecule has 5 N–H and O–H groups in total. The minimum atomic E-state index is -1.15. The standard InChI is InChI=1S/C15H22FN3O3/c1-9(2)14(17)15(22)19-8-13(21)18-7-12(20)10-5-3-4-6-11(10)16/h3-6,9,12,14,20H,7-8,17H2,1-2H3,(H,18,21)(H,19,22)/t12?,14-/m0/s1. The number of aliphatic hydroxyl groups excluding tert-OH is 1. The van der Waals surface area contributed by atoms with E-state index >= 15 is 0 Å². The Morgan fingerprint density at radius 3 is 2.50 bits per heavy atom. The summed E-state index contributed by atoms with van der Waals surface area (Å²) in [5, 5.41) is 14.7. The fourth-order valence-corrected chi connectivity index (χ4v) is 1.72. The van der Waals surface area contributed by atoms with Crippen molar-refractivity contribution in [3.8, 4) is 0 Å². The lowest BCUT2D eigenvalue weighted by Crippen LogP contribution is -2.47. The molecule has 6 nitrogen and oxygen atoms in total. The highest BCUT2D eigenvalue weighted by Crippen LogP contribution is 2.15. The van der Waals surface area contributed by atoms with Gasteiger partial charge in [-0.1, -0.05) is 32.0 Å². The third-order valence-electron chi connectivity index (χ3n) is 3.20. The van der Waals surface area contributed by atoms with E-state index < -0.39 is 29.8 Å². The minimum Gasteiger partial charge on any atom is -0.386 e. The van der Waals surface area contributed by atoms with E-state index in [1.807, 2.05) is 0 Å². The maximum Gasteiger partial charge on any atom is 0.239 e. The molecule has 1 aromatic carbocycles. The first-order valence-electron chi connectivity index (χ1n) is 7.05. The van der Waals surface area contributed by atoms with Crippen molar-refractivity contribution in [1.29, 1.82) is 0 Å². The molecule has 122 valence electrons. The highest BCUT2D eigenvalue weighted by molar-refractivity contribution is 5.87. The Kier molecular flexibility index (Phi) is 6.94. The normalized spacial score (nSPS) is 13.5. The molecule has 0 heterocycles. The summed E-state index contributed by atoms with van der Waals surface area (Å²) in [4.78, 5) is 23.2. The van der Waals surface area contributed by atoms with E-state index in [4.69, 9.17) is 5.73 Å². The quantitative estimate of drug-likeness (QED) is 0.572. The molecule has 0 aromatic heterocycles. The molecule has 1 rings (SSSR count). The second-order valence-corrected chi connectivity index (χ2v) is 5.33. The van der Waals surface area contributed by atoms with Crippen LogP contribution in [0.1, 0.15) is 25.5 Å². The summed E-state index contributed by atoms with van der Waals surface area (Å²) >= 11 is 0. The van der Waals surface area contributed by atoms with Gasteiger partial charge in [0.15, 0.2) is 0 Å². The predicted octanol–water partition coefficient (Wildman–Crippen LogP) is 0.0748. The number of hydrogen-bond acceptors (Lipinski definition) is 4. The lowest BCUT2D eigenvalue weighted by atomic mass is 10.1. The van der Waals surface area contributed by atoms with E-state index in [0.29, 0.717) is 0 Å². The highest BCUT2D eigenvalue weighted by Gasteiger charge is 2.18. The summed E-state index contributed by atoms with van der Waals surface area (Å²) in [6.45, 7) is 3.21. The highest BCUT2D eigenvalue weighted by atomic mass is 19.1. The Morgan fingerprint density at radius 1 is 1.27 bits per heavy atom. The number of rotatable bonds is 7. The Balaban J connectivity index is 2.37. The van der Waals surface area contributed by atoms with Crippen LogP contribution in [0.3, 0.4) is 0 Å². The van der Waals surface area contributed by atoms with Gasteiger partial charge in [-0.15, -0.1) is 0 Å². The zero-order valence-corrected chi connectivity index (χ0v) is 12.7. The van der Waals surface area contributed by atoms with Crippen molar-refractivity contribution in [2.45, 2.75) is 26.0 Å². The number of halogens is 1. The summed E-state index contributed by atoms with van der Waals surface area (Å²) in [5.41, 5.74) is 5.74. The zero-order chi connectivity index (χ0) is 16.7. The Morgan fingerprint density at radius 2 is 1.91 bits per heavy atom. The number of amides is 2. The van der Waals surface area contributed by atoms with Crippen molar-refractivity contribution in [2.24, 2.45) is 11.7 Å². The van der Waals surface area contributed by atoms with Gasteiger partial charge in [0, 0.05) is 12.1 Å². The van der Waals surface area contributed by atoms with E-state index in [9.17, 15) is 19.1 Å². The second kappa shape index (κ2) is 8.45. The molecule has 0 aliphatic heterocycles. The van der Waals surface area contributed by atoms with Crippen molar-refractivity contribution in [1.82, 2.24) is 10.6 Å². The van der Waals surface area contributed by atoms with Crippen LogP contribution in [0.15, 0.2) is 24.3 Å². The SMILES string of the molecule is CC(C)[C@H](N)C(=O)NCC(=O)NCC(O)c1ccccc1F. The molecule has 0 aliphatic carbocycles. The Labute approximate surface area is 128 Å². The van der Waals surface area contributed by atoms with Crippen LogP contribution >= 0.6 is 0 Å². The van der Waals surface area contributed by atoms with E-state index in [-0.39, 0.29) is 24.6 Å². The summed E-state index contributed by atoms with van der Waals surface area (Å²) in [7, 11) is 0. The van der Waals surface area contributed by atoms with Crippen molar-refractivity contribution >= 4 is 11.8 Å². The molecule has 0 fully saturated rings. The lowest BCUT2D eigenvalue weighted by molar-refractivity contribution is -0.127. The molecule has 2 amide bonds. The molecule has 1 unspecified atom stereocenters. The molecule has 0 bridgehead atoms. The first-order valence-corrected chi connectivity index (χ1v) is 7.05. The molecule has 1 aromatic rings. The third kappa shape index (κ3) is 5.42. The van der Waals surface area contributed by atoms with Gasteiger partial charge in [0.1, 0.15) is 5.82 Å². The molecule has 0 saturated heterocycles. The van der Waals surface area contributed by atoms with Crippen LogP contribution in [-0.2, 0) is 9.59 Å². The molecular formula is C15H22FN3O3. The van der Waals surface area contributed by atoms with Gasteiger partial charge in [-0.3, -0.25) is 9.59 Å². The fourth-order valence-electron chi connectivity index (χ4n) is 1.72. The largest absolute Gasteiger partial charge is 0.386 e. The molecular weight excluding hydrogens is 289 g/mol. The molecule has 0 radical (unpaired) electrons. The number of nitrogens with one attached hydrogen (secondary N) is 2. The van der Waals surface area contributed by atoms with Gasteiger partial charge >= 0.3 is 0 Å². The van der Waals surface area contributed by atoms with Crippen LogP contribution in [0.5, 0.6) is 0 Å². The third-order valence-corrected chi connectivity index (χ3v) is 3.20. The van der Waals surface area contributed by atoms with E-state index in [0.717, 1.165) is 0 Å². The van der Waals surface area contributed by atoms with Crippen molar-refractivity contribution in [2.75, 3.05) is 13.1 Å². The lowest BCUT2D eigenvalue weighted by Gasteiger charge is -2.16. The van der Waals surface area contributed by atoms with Gasteiger partial charge in [0.05, 0.1) is 18.7 Å². The van der Waals surface area contributed by atoms with Crippen molar-refractivity contribution in [3.05, 3.63) is 35.6 Å². The second-order valence-electron chi connectivity index (χ2n) is 5.33. The summed E-state index contributed by atoms with van der Waals surface area (Å²) < 4.78 is 13.4. The Hall–Kier alpha value is -1.99. The van der Waals surface area contributed by atoms with Crippen LogP contribution < -0.4 is 16.4 Å². The van der Waals surface area contributed by atoms with Gasteiger partial charge in [-0.05, 0) is 12.0 Å². The van der Waals surface area contributed by atoms with E-state index in [1.165, 1.54) is 18.2 Å². The number of nitrogens with two attached hydrogens (primary N) is 1. The monoisotopic (exact) mass is 311 g/mol. The molecule has 7 heteroatoms. The maximum absolute atomic E-state index is 13.4. The number of benzene rings is 1. The summed E-state index contributed by atoms with van der Waals surface area (Å²) in [6, 6.07) is 5.09. The molecule has 0 aliphatic rings. The maximum atomic E-state index is 13.4. The predicted molar refractivity (Wildman–Crippen MR) is 80.2 cm³/mol. The molecule has 2 atom stereocenters. The molecule has 0 saturated carbocycles. The number of aliphatic hydroxyl groups is 1. The van der Waals surface area contributed by atoms with Crippen LogP contribution in [0.4, 0.5) is 4.39 Å². The summed E-state index contributed by atoms with van der Waals surface area (Å²) in [6.07, 6.45) is -1.15. The van der Waals surface area contributed by atoms with Crippen molar-refractivity contribution < 1.29 is 19.1 Å². The number of carbonyl (C=O) groups excluding carboxylic acids is 2. The van der Waals surface area contributed by atoms with E-state index in [2.05, 4.69) is 10.6 Å². The van der Waals surface area contributed by atoms with Gasteiger partial charge in [0.2, 0.25) is 11.8 Å². The smallest absolute Gasteiger partial charge is 0.239 e. The number of hydrogen-bond donors (Lipinski definition) is 4. The van der Waals surface area contributed by atoms with Crippen LogP contribution in [0.25, 0.3) is 0 Å². The van der Waals surface area contributed by atoms with Gasteiger partial charge in [-0.2, -0.15) is 0 Å². The van der Waals surface area contributed by atoms with Gasteiger partial charge in [0.25, 0.3) is 0 Å². The average molecular weight is 311 g/mol. The topological polar surface area (TPSA) is 104 Å². The molecule has 22 heavy (non-hydrogen) atoms.